The van der Waals surface area contributed by atoms with Crippen LogP contribution in [0.5, 0.6) is 0 Å². The van der Waals surface area contributed by atoms with Gasteiger partial charge in [-0.25, -0.2) is 0 Å². The van der Waals surface area contributed by atoms with E-state index in [-0.39, 0.29) is 0 Å². The van der Waals surface area contributed by atoms with E-state index in [4.69, 9.17) is 9.15 Å². The molecule has 0 saturated carbocycles. The Hall–Kier alpha value is -2.28. The van der Waals surface area contributed by atoms with Crippen LogP contribution >= 0.6 is 0 Å². The third-order valence-corrected chi connectivity index (χ3v) is 3.17. The molecule has 0 aromatic carbocycles. The number of hydrogen-bond donors (Lipinski definition) is 2. The first kappa shape index (κ1) is 16.1. The Morgan fingerprint density at radius 2 is 2.32 bits per heavy atom. The largest absolute Gasteiger partial charge is 0.467 e. The van der Waals surface area contributed by atoms with E-state index in [2.05, 4.69) is 20.7 Å². The van der Waals surface area contributed by atoms with E-state index in [0.29, 0.717) is 19.8 Å². The highest BCUT2D eigenvalue weighted by Gasteiger charge is 2.01. The molecule has 0 unspecified atom stereocenters. The third kappa shape index (κ3) is 5.25. The summed E-state index contributed by atoms with van der Waals surface area (Å²) < 4.78 is 12.6. The first-order valence-electron chi connectivity index (χ1n) is 7.31. The van der Waals surface area contributed by atoms with E-state index in [9.17, 15) is 0 Å². The Labute approximate surface area is 130 Å². The van der Waals surface area contributed by atoms with Crippen LogP contribution < -0.4 is 10.6 Å². The molecule has 0 saturated heterocycles. The van der Waals surface area contributed by atoms with Gasteiger partial charge in [0.25, 0.3) is 0 Å². The number of rotatable bonds is 8. The van der Waals surface area contributed by atoms with Crippen LogP contribution in [0.4, 0.5) is 0 Å². The molecular formula is C15H23N5O2. The summed E-state index contributed by atoms with van der Waals surface area (Å²) in [7, 11) is 3.68. The predicted molar refractivity (Wildman–Crippen MR) is 84.4 cm³/mol. The molecule has 7 heteroatoms. The Morgan fingerprint density at radius 1 is 1.41 bits per heavy atom. The summed E-state index contributed by atoms with van der Waals surface area (Å²) in [5, 5.41) is 10.6. The summed E-state index contributed by atoms with van der Waals surface area (Å²) in [5.74, 6) is 1.62. The summed E-state index contributed by atoms with van der Waals surface area (Å²) in [5.41, 5.74) is 1.10. The van der Waals surface area contributed by atoms with Gasteiger partial charge in [-0.3, -0.25) is 9.67 Å². The Kier molecular flexibility index (Phi) is 6.50. The van der Waals surface area contributed by atoms with Crippen LogP contribution in [0.1, 0.15) is 17.9 Å². The SMILES string of the molecule is CN=C(NCCCOCc1ccco1)NCc1ccnn1C. The quantitative estimate of drug-likeness (QED) is 0.436. The van der Waals surface area contributed by atoms with Crippen LogP contribution in [0.15, 0.2) is 40.1 Å². The van der Waals surface area contributed by atoms with E-state index < -0.39 is 0 Å². The maximum atomic E-state index is 5.52. The minimum Gasteiger partial charge on any atom is -0.467 e. The van der Waals surface area contributed by atoms with Gasteiger partial charge in [0.05, 0.1) is 18.5 Å². The monoisotopic (exact) mass is 305 g/mol. The van der Waals surface area contributed by atoms with Crippen molar-refractivity contribution in [1.82, 2.24) is 20.4 Å². The van der Waals surface area contributed by atoms with Crippen molar-refractivity contribution in [2.45, 2.75) is 19.6 Å². The minimum absolute atomic E-state index is 0.514. The van der Waals surface area contributed by atoms with E-state index in [1.165, 1.54) is 0 Å². The predicted octanol–water partition coefficient (Wildman–Crippen LogP) is 1.28. The highest BCUT2D eigenvalue weighted by Crippen LogP contribution is 2.01. The molecule has 22 heavy (non-hydrogen) atoms. The lowest BCUT2D eigenvalue weighted by Gasteiger charge is -2.12. The molecule has 0 aliphatic heterocycles. The van der Waals surface area contributed by atoms with Gasteiger partial charge in [0.2, 0.25) is 0 Å². The Balaban J connectivity index is 1.55. The molecule has 0 aliphatic carbocycles. The number of hydrogen-bond acceptors (Lipinski definition) is 4. The van der Waals surface area contributed by atoms with Crippen molar-refractivity contribution in [3.05, 3.63) is 42.1 Å². The van der Waals surface area contributed by atoms with E-state index in [1.54, 1.807) is 19.5 Å². The first-order chi connectivity index (χ1) is 10.8. The van der Waals surface area contributed by atoms with E-state index in [1.807, 2.05) is 29.9 Å². The smallest absolute Gasteiger partial charge is 0.191 e. The lowest BCUT2D eigenvalue weighted by atomic mass is 10.4. The van der Waals surface area contributed by atoms with Crippen LogP contribution in [0.3, 0.4) is 0 Å². The molecule has 2 aromatic heterocycles. The average molecular weight is 305 g/mol. The molecule has 0 amide bonds. The Morgan fingerprint density at radius 3 is 3.00 bits per heavy atom. The van der Waals surface area contributed by atoms with Gasteiger partial charge in [-0.1, -0.05) is 0 Å². The van der Waals surface area contributed by atoms with Gasteiger partial charge in [-0.15, -0.1) is 0 Å². The zero-order valence-electron chi connectivity index (χ0n) is 13.1. The Bertz CT molecular complexity index is 562. The number of ether oxygens (including phenoxy) is 1. The molecule has 2 N–H and O–H groups in total. The van der Waals surface area contributed by atoms with Gasteiger partial charge in [0.15, 0.2) is 5.96 Å². The van der Waals surface area contributed by atoms with Gasteiger partial charge in [-0.05, 0) is 24.6 Å². The van der Waals surface area contributed by atoms with Gasteiger partial charge < -0.3 is 19.8 Å². The molecule has 2 rings (SSSR count). The molecule has 7 nitrogen and oxygen atoms in total. The summed E-state index contributed by atoms with van der Waals surface area (Å²) in [6, 6.07) is 5.74. The summed E-state index contributed by atoms with van der Waals surface area (Å²) in [6.45, 7) is 2.67. The number of aromatic nitrogens is 2. The highest BCUT2D eigenvalue weighted by molar-refractivity contribution is 5.79. The zero-order valence-corrected chi connectivity index (χ0v) is 13.1. The van der Waals surface area contributed by atoms with Crippen molar-refractivity contribution in [3.63, 3.8) is 0 Å². The number of aliphatic imine (C=N–C) groups is 1. The van der Waals surface area contributed by atoms with Crippen molar-refractivity contribution in [3.8, 4) is 0 Å². The van der Waals surface area contributed by atoms with Crippen LogP contribution in [0, 0.1) is 0 Å². The summed E-state index contributed by atoms with van der Waals surface area (Å²) in [4.78, 5) is 4.18. The van der Waals surface area contributed by atoms with Crippen molar-refractivity contribution in [1.29, 1.82) is 0 Å². The second-order valence-electron chi connectivity index (χ2n) is 4.78. The van der Waals surface area contributed by atoms with Gasteiger partial charge >= 0.3 is 0 Å². The average Bonchev–Trinajstić information content (AvgIpc) is 3.17. The summed E-state index contributed by atoms with van der Waals surface area (Å²) >= 11 is 0. The topological polar surface area (TPSA) is 76.6 Å². The maximum absolute atomic E-state index is 5.52. The molecule has 2 aromatic rings. The van der Waals surface area contributed by atoms with Crippen LogP contribution in [-0.4, -0.2) is 35.9 Å². The number of aryl methyl sites for hydroxylation is 1. The molecule has 0 atom stereocenters. The fourth-order valence-corrected chi connectivity index (χ4v) is 1.92. The number of guanidine groups is 1. The van der Waals surface area contributed by atoms with Gasteiger partial charge in [0, 0.05) is 33.4 Å². The second kappa shape index (κ2) is 8.89. The molecule has 120 valence electrons. The molecule has 0 bridgehead atoms. The van der Waals surface area contributed by atoms with Crippen LogP contribution in [-0.2, 0) is 24.9 Å². The molecule has 0 fully saturated rings. The van der Waals surface area contributed by atoms with Crippen LogP contribution in [0.2, 0.25) is 0 Å². The fourth-order valence-electron chi connectivity index (χ4n) is 1.92. The molecular weight excluding hydrogens is 282 g/mol. The fraction of sp³-hybridized carbons (Fsp3) is 0.467. The van der Waals surface area contributed by atoms with E-state index >= 15 is 0 Å². The number of furan rings is 1. The maximum Gasteiger partial charge on any atom is 0.191 e. The van der Waals surface area contributed by atoms with E-state index in [0.717, 1.165) is 30.4 Å². The van der Waals surface area contributed by atoms with Crippen molar-refractivity contribution in [2.24, 2.45) is 12.0 Å². The first-order valence-corrected chi connectivity index (χ1v) is 7.31. The zero-order chi connectivity index (χ0) is 15.6. The minimum atomic E-state index is 0.514. The molecule has 0 radical (unpaired) electrons. The van der Waals surface area contributed by atoms with Crippen molar-refractivity contribution < 1.29 is 9.15 Å². The summed E-state index contributed by atoms with van der Waals surface area (Å²) in [6.07, 6.45) is 4.33. The van der Waals surface area contributed by atoms with Gasteiger partial charge in [-0.2, -0.15) is 5.10 Å². The third-order valence-electron chi connectivity index (χ3n) is 3.17. The molecule has 2 heterocycles. The number of nitrogens with one attached hydrogen (secondary N) is 2. The van der Waals surface area contributed by atoms with Crippen molar-refractivity contribution in [2.75, 3.05) is 20.2 Å². The second-order valence-corrected chi connectivity index (χ2v) is 4.78. The highest BCUT2D eigenvalue weighted by atomic mass is 16.5. The molecule has 0 aliphatic rings. The lowest BCUT2D eigenvalue weighted by molar-refractivity contribution is 0.105. The standard InChI is InChI=1S/C15H23N5O2/c1-16-15(18-11-13-6-8-19-20(13)2)17-7-4-9-21-12-14-5-3-10-22-14/h3,5-6,8,10H,4,7,9,11-12H2,1-2H3,(H2,16,17,18). The van der Waals surface area contributed by atoms with Crippen molar-refractivity contribution >= 4 is 5.96 Å². The van der Waals surface area contributed by atoms with Gasteiger partial charge in [0.1, 0.15) is 12.4 Å². The number of nitrogens with zero attached hydrogens (tertiary/aromatic N) is 3. The lowest BCUT2D eigenvalue weighted by Crippen LogP contribution is -2.37. The molecule has 0 spiro atoms. The van der Waals surface area contributed by atoms with Crippen LogP contribution in [0.25, 0.3) is 0 Å². The normalized spacial score (nSPS) is 11.6.